The van der Waals surface area contributed by atoms with Crippen molar-refractivity contribution in [3.63, 3.8) is 0 Å². The number of carbonyl (C=O) groups excluding carboxylic acids is 1. The fourth-order valence-electron chi connectivity index (χ4n) is 1.96. The average molecular weight is 240 g/mol. The highest BCUT2D eigenvalue weighted by atomic mass is 16.1. The number of aromatic nitrogens is 1. The lowest BCUT2D eigenvalue weighted by Gasteiger charge is -2.20. The Hall–Kier alpha value is -2.16. The molecule has 0 atom stereocenters. The van der Waals surface area contributed by atoms with Crippen molar-refractivity contribution in [2.45, 2.75) is 13.8 Å². The Morgan fingerprint density at radius 1 is 1.22 bits per heavy atom. The molecule has 0 fully saturated rings. The SMILES string of the molecule is Cc1cccc(N(C)c2ncc(C=O)cc2C)c1. The third-order valence-electron chi connectivity index (χ3n) is 2.91. The first kappa shape index (κ1) is 12.3. The zero-order valence-corrected chi connectivity index (χ0v) is 10.8. The summed E-state index contributed by atoms with van der Waals surface area (Å²) in [7, 11) is 1.98. The fourth-order valence-corrected chi connectivity index (χ4v) is 1.96. The highest BCUT2D eigenvalue weighted by Gasteiger charge is 2.09. The number of carbonyl (C=O) groups is 1. The first-order chi connectivity index (χ1) is 8.61. The van der Waals surface area contributed by atoms with E-state index in [1.165, 1.54) is 5.56 Å². The van der Waals surface area contributed by atoms with Crippen LogP contribution in [0.1, 0.15) is 21.5 Å². The number of hydrogen-bond acceptors (Lipinski definition) is 3. The highest BCUT2D eigenvalue weighted by molar-refractivity contribution is 5.76. The Morgan fingerprint density at radius 3 is 2.61 bits per heavy atom. The smallest absolute Gasteiger partial charge is 0.151 e. The van der Waals surface area contributed by atoms with Crippen molar-refractivity contribution in [3.05, 3.63) is 53.2 Å². The van der Waals surface area contributed by atoms with Crippen LogP contribution < -0.4 is 4.90 Å². The van der Waals surface area contributed by atoms with E-state index in [0.717, 1.165) is 23.4 Å². The molecule has 1 aromatic carbocycles. The van der Waals surface area contributed by atoms with Crippen molar-refractivity contribution in [2.75, 3.05) is 11.9 Å². The van der Waals surface area contributed by atoms with Crippen LogP contribution in [0.15, 0.2) is 36.5 Å². The molecule has 2 aromatic rings. The molecule has 0 aliphatic carbocycles. The monoisotopic (exact) mass is 240 g/mol. The molecule has 1 heterocycles. The van der Waals surface area contributed by atoms with E-state index in [2.05, 4.69) is 24.0 Å². The van der Waals surface area contributed by atoms with Crippen LogP contribution in [0.2, 0.25) is 0 Å². The summed E-state index contributed by atoms with van der Waals surface area (Å²) in [5.74, 6) is 0.867. The van der Waals surface area contributed by atoms with Crippen LogP contribution in [-0.2, 0) is 0 Å². The quantitative estimate of drug-likeness (QED) is 0.772. The van der Waals surface area contributed by atoms with Crippen LogP contribution in [0.4, 0.5) is 11.5 Å². The number of rotatable bonds is 3. The van der Waals surface area contributed by atoms with E-state index in [1.807, 2.05) is 37.1 Å². The van der Waals surface area contributed by atoms with Gasteiger partial charge >= 0.3 is 0 Å². The summed E-state index contributed by atoms with van der Waals surface area (Å²) in [6.07, 6.45) is 2.41. The second kappa shape index (κ2) is 5.00. The Kier molecular flexibility index (Phi) is 3.42. The molecule has 0 spiro atoms. The molecule has 0 amide bonds. The zero-order chi connectivity index (χ0) is 13.1. The predicted octanol–water partition coefficient (Wildman–Crippen LogP) is 3.28. The van der Waals surface area contributed by atoms with Gasteiger partial charge in [-0.25, -0.2) is 4.98 Å². The molecule has 1 aromatic heterocycles. The fraction of sp³-hybridized carbons (Fsp3) is 0.200. The molecule has 0 N–H and O–H groups in total. The number of anilines is 2. The van der Waals surface area contributed by atoms with Gasteiger partial charge in [-0.05, 0) is 43.2 Å². The van der Waals surface area contributed by atoms with E-state index < -0.39 is 0 Å². The van der Waals surface area contributed by atoms with Crippen LogP contribution in [0.3, 0.4) is 0 Å². The normalized spacial score (nSPS) is 10.2. The van der Waals surface area contributed by atoms with Crippen LogP contribution in [-0.4, -0.2) is 18.3 Å². The van der Waals surface area contributed by atoms with E-state index in [9.17, 15) is 4.79 Å². The summed E-state index contributed by atoms with van der Waals surface area (Å²) >= 11 is 0. The summed E-state index contributed by atoms with van der Waals surface area (Å²) in [4.78, 5) is 17.1. The summed E-state index contributed by atoms with van der Waals surface area (Å²) < 4.78 is 0. The van der Waals surface area contributed by atoms with Gasteiger partial charge in [0.25, 0.3) is 0 Å². The van der Waals surface area contributed by atoms with Gasteiger partial charge in [-0.15, -0.1) is 0 Å². The van der Waals surface area contributed by atoms with E-state index >= 15 is 0 Å². The summed E-state index contributed by atoms with van der Waals surface area (Å²) in [5.41, 5.74) is 3.89. The standard InChI is InChI=1S/C15H16N2O/c1-11-5-4-6-14(7-11)17(3)15-12(2)8-13(10-18)9-16-15/h4-10H,1-3H3. The number of pyridine rings is 1. The van der Waals surface area contributed by atoms with Gasteiger partial charge in [-0.2, -0.15) is 0 Å². The zero-order valence-electron chi connectivity index (χ0n) is 10.8. The second-order valence-corrected chi connectivity index (χ2v) is 4.43. The third kappa shape index (κ3) is 2.40. The van der Waals surface area contributed by atoms with Crippen molar-refractivity contribution >= 4 is 17.8 Å². The number of nitrogens with zero attached hydrogens (tertiary/aromatic N) is 2. The number of aldehydes is 1. The Morgan fingerprint density at radius 2 is 2.00 bits per heavy atom. The lowest BCUT2D eigenvalue weighted by atomic mass is 10.2. The lowest BCUT2D eigenvalue weighted by molar-refractivity contribution is 0.112. The molecule has 0 radical (unpaired) electrons. The molecular weight excluding hydrogens is 224 g/mol. The minimum Gasteiger partial charge on any atom is -0.329 e. The van der Waals surface area contributed by atoms with Gasteiger partial charge in [-0.1, -0.05) is 12.1 Å². The molecule has 0 saturated carbocycles. The summed E-state index contributed by atoms with van der Waals surface area (Å²) in [6.45, 7) is 4.02. The van der Waals surface area contributed by atoms with Crippen molar-refractivity contribution in [1.82, 2.24) is 4.98 Å². The van der Waals surface area contributed by atoms with E-state index in [0.29, 0.717) is 5.56 Å². The molecule has 0 bridgehead atoms. The molecule has 18 heavy (non-hydrogen) atoms. The Labute approximate surface area is 107 Å². The third-order valence-corrected chi connectivity index (χ3v) is 2.91. The average Bonchev–Trinajstić information content (AvgIpc) is 2.37. The van der Waals surface area contributed by atoms with Gasteiger partial charge in [0.2, 0.25) is 0 Å². The molecule has 0 unspecified atom stereocenters. The van der Waals surface area contributed by atoms with Crippen LogP contribution in [0.25, 0.3) is 0 Å². The molecule has 0 aliphatic rings. The maximum atomic E-state index is 10.7. The van der Waals surface area contributed by atoms with E-state index in [4.69, 9.17) is 0 Å². The van der Waals surface area contributed by atoms with Gasteiger partial charge in [0.15, 0.2) is 6.29 Å². The minimum atomic E-state index is 0.605. The Balaban J connectivity index is 2.39. The van der Waals surface area contributed by atoms with E-state index in [1.54, 1.807) is 6.20 Å². The van der Waals surface area contributed by atoms with Crippen molar-refractivity contribution in [3.8, 4) is 0 Å². The molecule has 3 nitrogen and oxygen atoms in total. The van der Waals surface area contributed by atoms with Gasteiger partial charge in [0.1, 0.15) is 5.82 Å². The largest absolute Gasteiger partial charge is 0.329 e. The van der Waals surface area contributed by atoms with Crippen LogP contribution in [0, 0.1) is 13.8 Å². The van der Waals surface area contributed by atoms with Gasteiger partial charge < -0.3 is 4.90 Å². The summed E-state index contributed by atoms with van der Waals surface area (Å²) in [5, 5.41) is 0. The van der Waals surface area contributed by atoms with Crippen molar-refractivity contribution in [2.24, 2.45) is 0 Å². The lowest BCUT2D eigenvalue weighted by Crippen LogP contribution is -2.13. The van der Waals surface area contributed by atoms with E-state index in [-0.39, 0.29) is 0 Å². The number of aryl methyl sites for hydroxylation is 2. The van der Waals surface area contributed by atoms with Crippen LogP contribution in [0.5, 0.6) is 0 Å². The van der Waals surface area contributed by atoms with Gasteiger partial charge in [0, 0.05) is 24.5 Å². The van der Waals surface area contributed by atoms with Crippen molar-refractivity contribution < 1.29 is 4.79 Å². The first-order valence-electron chi connectivity index (χ1n) is 5.84. The molecule has 92 valence electrons. The predicted molar refractivity (Wildman–Crippen MR) is 73.6 cm³/mol. The summed E-state index contributed by atoms with van der Waals surface area (Å²) in [6, 6.07) is 10.1. The minimum absolute atomic E-state index is 0.605. The van der Waals surface area contributed by atoms with Crippen molar-refractivity contribution in [1.29, 1.82) is 0 Å². The molecule has 0 saturated heterocycles. The molecule has 3 heteroatoms. The molecule has 2 rings (SSSR count). The maximum absolute atomic E-state index is 10.7. The molecule has 0 aliphatic heterocycles. The van der Waals surface area contributed by atoms with Gasteiger partial charge in [0.05, 0.1) is 0 Å². The highest BCUT2D eigenvalue weighted by Crippen LogP contribution is 2.25. The maximum Gasteiger partial charge on any atom is 0.151 e. The molecular formula is C15H16N2O. The number of hydrogen-bond donors (Lipinski definition) is 0. The van der Waals surface area contributed by atoms with Crippen LogP contribution >= 0.6 is 0 Å². The Bertz CT molecular complexity index is 578. The van der Waals surface area contributed by atoms with Gasteiger partial charge in [-0.3, -0.25) is 4.79 Å². The number of benzene rings is 1. The first-order valence-corrected chi connectivity index (χ1v) is 5.84. The second-order valence-electron chi connectivity index (χ2n) is 4.43. The topological polar surface area (TPSA) is 33.2 Å².